The summed E-state index contributed by atoms with van der Waals surface area (Å²) in [6.45, 7) is 9.81. The van der Waals surface area contributed by atoms with E-state index >= 15 is 0 Å². The van der Waals surface area contributed by atoms with E-state index in [9.17, 15) is 0 Å². The molecule has 2 rings (SSSR count). The lowest BCUT2D eigenvalue weighted by atomic mass is 9.81. The van der Waals surface area contributed by atoms with Gasteiger partial charge in [-0.2, -0.15) is 0 Å². The number of nitrogens with one attached hydrogen (secondary N) is 1. The Labute approximate surface area is 127 Å². The van der Waals surface area contributed by atoms with Crippen LogP contribution in [0.25, 0.3) is 0 Å². The monoisotopic (exact) mass is 295 g/mol. The maximum absolute atomic E-state index is 6.32. The molecule has 1 aliphatic rings. The molecule has 0 aliphatic carbocycles. The molecule has 0 saturated carbocycles. The molecule has 1 aromatic rings. The van der Waals surface area contributed by atoms with Crippen molar-refractivity contribution in [2.45, 2.75) is 52.4 Å². The van der Waals surface area contributed by atoms with E-state index in [2.05, 4.69) is 45.1 Å². The summed E-state index contributed by atoms with van der Waals surface area (Å²) >= 11 is 6.32. The van der Waals surface area contributed by atoms with Gasteiger partial charge in [0.05, 0.1) is 12.2 Å². The Hall–Kier alpha value is -0.570. The maximum atomic E-state index is 6.32. The Balaban J connectivity index is 2.17. The summed E-state index contributed by atoms with van der Waals surface area (Å²) in [4.78, 5) is 0. The van der Waals surface area contributed by atoms with Gasteiger partial charge in [0, 0.05) is 17.0 Å². The molecule has 2 nitrogen and oxygen atoms in total. The molecule has 5 atom stereocenters. The van der Waals surface area contributed by atoms with Crippen LogP contribution in [0, 0.1) is 11.8 Å². The van der Waals surface area contributed by atoms with E-state index in [0.717, 1.165) is 18.0 Å². The molecule has 5 unspecified atom stereocenters. The van der Waals surface area contributed by atoms with E-state index in [1.807, 2.05) is 12.1 Å². The number of benzene rings is 1. The summed E-state index contributed by atoms with van der Waals surface area (Å²) in [7, 11) is 0. The minimum absolute atomic E-state index is 0.298. The summed E-state index contributed by atoms with van der Waals surface area (Å²) in [6.07, 6.45) is 1.59. The highest BCUT2D eigenvalue weighted by Gasteiger charge is 2.41. The molecule has 1 saturated heterocycles. The molecule has 112 valence electrons. The average molecular weight is 296 g/mol. The lowest BCUT2D eigenvalue weighted by Crippen LogP contribution is -2.43. The van der Waals surface area contributed by atoms with E-state index in [4.69, 9.17) is 16.3 Å². The van der Waals surface area contributed by atoms with Crippen LogP contribution in [-0.2, 0) is 11.2 Å². The molecule has 1 fully saturated rings. The fourth-order valence-corrected chi connectivity index (χ4v) is 3.71. The van der Waals surface area contributed by atoms with Crippen molar-refractivity contribution in [1.29, 1.82) is 0 Å². The molecular weight excluding hydrogens is 270 g/mol. The van der Waals surface area contributed by atoms with Crippen LogP contribution in [0.5, 0.6) is 0 Å². The van der Waals surface area contributed by atoms with Crippen LogP contribution in [0.3, 0.4) is 0 Å². The van der Waals surface area contributed by atoms with E-state index < -0.39 is 0 Å². The molecule has 1 aliphatic heterocycles. The van der Waals surface area contributed by atoms with Crippen molar-refractivity contribution < 1.29 is 4.74 Å². The normalized spacial score (nSPS) is 31.4. The summed E-state index contributed by atoms with van der Waals surface area (Å²) < 4.78 is 6.01. The first kappa shape index (κ1) is 15.8. The van der Waals surface area contributed by atoms with Crippen LogP contribution in [0.2, 0.25) is 5.02 Å². The Morgan fingerprint density at radius 1 is 1.20 bits per heavy atom. The fourth-order valence-electron chi connectivity index (χ4n) is 3.49. The largest absolute Gasteiger partial charge is 0.375 e. The first-order valence-corrected chi connectivity index (χ1v) is 8.04. The Morgan fingerprint density at radius 3 is 2.45 bits per heavy atom. The predicted molar refractivity (Wildman–Crippen MR) is 85.3 cm³/mol. The van der Waals surface area contributed by atoms with Crippen molar-refractivity contribution in [2.24, 2.45) is 11.8 Å². The van der Waals surface area contributed by atoms with Gasteiger partial charge >= 0.3 is 0 Å². The smallest absolute Gasteiger partial charge is 0.0597 e. The summed E-state index contributed by atoms with van der Waals surface area (Å²) in [6, 6.07) is 8.56. The van der Waals surface area contributed by atoms with Gasteiger partial charge in [-0.05, 0) is 44.4 Å². The number of ether oxygens (including phenoxy) is 1. The number of hydrogen-bond donors (Lipinski definition) is 1. The van der Waals surface area contributed by atoms with Crippen LogP contribution in [0.1, 0.15) is 33.3 Å². The van der Waals surface area contributed by atoms with Crippen molar-refractivity contribution in [2.75, 3.05) is 6.54 Å². The molecule has 1 N–H and O–H groups in total. The van der Waals surface area contributed by atoms with E-state index in [1.54, 1.807) is 0 Å². The zero-order valence-electron chi connectivity index (χ0n) is 12.9. The molecule has 20 heavy (non-hydrogen) atoms. The Kier molecular flexibility index (Phi) is 5.48. The van der Waals surface area contributed by atoms with E-state index in [1.165, 1.54) is 5.56 Å². The Morgan fingerprint density at radius 2 is 1.90 bits per heavy atom. The summed E-state index contributed by atoms with van der Waals surface area (Å²) in [5, 5.41) is 4.51. The molecule has 1 heterocycles. The predicted octanol–water partition coefficient (Wildman–Crippen LogP) is 3.92. The second-order valence-corrected chi connectivity index (χ2v) is 6.35. The quantitative estimate of drug-likeness (QED) is 0.889. The average Bonchev–Trinajstić information content (AvgIpc) is 2.65. The van der Waals surface area contributed by atoms with Gasteiger partial charge in [0.25, 0.3) is 0 Å². The second-order valence-electron chi connectivity index (χ2n) is 5.94. The second kappa shape index (κ2) is 6.93. The molecule has 0 radical (unpaired) electrons. The minimum atomic E-state index is 0.298. The van der Waals surface area contributed by atoms with Crippen LogP contribution in [0.4, 0.5) is 0 Å². The zero-order valence-corrected chi connectivity index (χ0v) is 13.7. The molecule has 0 amide bonds. The van der Waals surface area contributed by atoms with Crippen molar-refractivity contribution in [3.63, 3.8) is 0 Å². The standard InChI is InChI=1S/C17H26ClNO/c1-5-19-16(10-14-8-6-7-9-15(14)18)17-11(2)12(3)20-13(17)4/h6-9,11-13,16-17,19H,5,10H2,1-4H3. The SMILES string of the molecule is CCNC(Cc1ccccc1Cl)C1C(C)OC(C)C1C. The number of halogens is 1. The number of hydrogen-bond acceptors (Lipinski definition) is 2. The fraction of sp³-hybridized carbons (Fsp3) is 0.647. The van der Waals surface area contributed by atoms with Crippen LogP contribution < -0.4 is 5.32 Å². The molecule has 0 aromatic heterocycles. The highest BCUT2D eigenvalue weighted by atomic mass is 35.5. The van der Waals surface area contributed by atoms with Gasteiger partial charge in [0.15, 0.2) is 0 Å². The van der Waals surface area contributed by atoms with Crippen LogP contribution in [-0.4, -0.2) is 24.8 Å². The molecule has 0 spiro atoms. The summed E-state index contributed by atoms with van der Waals surface area (Å²) in [5.41, 5.74) is 1.22. The van der Waals surface area contributed by atoms with E-state index in [0.29, 0.717) is 30.1 Å². The van der Waals surface area contributed by atoms with Gasteiger partial charge in [-0.1, -0.05) is 43.6 Å². The third-order valence-electron chi connectivity index (χ3n) is 4.65. The molecule has 1 aromatic carbocycles. The van der Waals surface area contributed by atoms with Gasteiger partial charge in [0.2, 0.25) is 0 Å². The van der Waals surface area contributed by atoms with Crippen molar-refractivity contribution in [3.05, 3.63) is 34.9 Å². The zero-order chi connectivity index (χ0) is 14.7. The van der Waals surface area contributed by atoms with Gasteiger partial charge in [-0.25, -0.2) is 0 Å². The topological polar surface area (TPSA) is 21.3 Å². The summed E-state index contributed by atoms with van der Waals surface area (Å²) in [5.74, 6) is 1.10. The van der Waals surface area contributed by atoms with Gasteiger partial charge in [0.1, 0.15) is 0 Å². The maximum Gasteiger partial charge on any atom is 0.0597 e. The molecule has 0 bridgehead atoms. The van der Waals surface area contributed by atoms with Gasteiger partial charge < -0.3 is 10.1 Å². The highest BCUT2D eigenvalue weighted by molar-refractivity contribution is 6.31. The molecular formula is C17H26ClNO. The van der Waals surface area contributed by atoms with Gasteiger partial charge in [-0.3, -0.25) is 0 Å². The lowest BCUT2D eigenvalue weighted by Gasteiger charge is -2.30. The van der Waals surface area contributed by atoms with E-state index in [-0.39, 0.29) is 0 Å². The first-order chi connectivity index (χ1) is 9.54. The van der Waals surface area contributed by atoms with Crippen LogP contribution >= 0.6 is 11.6 Å². The number of rotatable bonds is 5. The van der Waals surface area contributed by atoms with Crippen LogP contribution in [0.15, 0.2) is 24.3 Å². The third-order valence-corrected chi connectivity index (χ3v) is 5.02. The lowest BCUT2D eigenvalue weighted by molar-refractivity contribution is 0.0476. The van der Waals surface area contributed by atoms with Crippen molar-refractivity contribution in [1.82, 2.24) is 5.32 Å². The molecule has 3 heteroatoms. The first-order valence-electron chi connectivity index (χ1n) is 7.66. The highest BCUT2D eigenvalue weighted by Crippen LogP contribution is 2.36. The Bertz CT molecular complexity index is 437. The third kappa shape index (κ3) is 3.36. The number of likely N-dealkylation sites (N-methyl/N-ethyl adjacent to an activating group) is 1. The van der Waals surface area contributed by atoms with Gasteiger partial charge in [-0.15, -0.1) is 0 Å². The van der Waals surface area contributed by atoms with Crippen molar-refractivity contribution >= 4 is 11.6 Å². The minimum Gasteiger partial charge on any atom is -0.375 e. The van der Waals surface area contributed by atoms with Crippen molar-refractivity contribution in [3.8, 4) is 0 Å².